The molecule has 0 aromatic carbocycles. The molecule has 1 atom stereocenters. The van der Waals surface area contributed by atoms with Crippen LogP contribution in [0, 0.1) is 11.3 Å². The molecular weight excluding hydrogens is 172 g/mol. The number of hydrogen-bond donors (Lipinski definition) is 0. The molecule has 0 aromatic rings. The third-order valence-corrected chi connectivity index (χ3v) is 2.59. The fourth-order valence-electron chi connectivity index (χ4n) is 1.95. The minimum Gasteiger partial charge on any atom is -0.292 e. The van der Waals surface area contributed by atoms with E-state index in [1.807, 2.05) is 6.92 Å². The lowest BCUT2D eigenvalue weighted by Gasteiger charge is -2.36. The monoisotopic (exact) mass is 194 g/mol. The van der Waals surface area contributed by atoms with Crippen molar-refractivity contribution in [2.45, 2.75) is 59.7 Å². The van der Waals surface area contributed by atoms with E-state index in [1.54, 1.807) is 6.08 Å². The number of hydrogen-bond acceptors (Lipinski definition) is 2. The first-order valence-corrected chi connectivity index (χ1v) is 5.25. The molecule has 0 aliphatic carbocycles. The topological polar surface area (TPSA) is 27.0 Å². The predicted octanol–water partition coefficient (Wildman–Crippen LogP) is 2.96. The van der Waals surface area contributed by atoms with E-state index < -0.39 is 0 Å². The van der Waals surface area contributed by atoms with E-state index in [9.17, 15) is 0 Å². The van der Waals surface area contributed by atoms with E-state index in [-0.39, 0.29) is 0 Å². The zero-order valence-electron chi connectivity index (χ0n) is 10.2. The number of nitriles is 1. The van der Waals surface area contributed by atoms with Gasteiger partial charge in [0, 0.05) is 24.2 Å². The summed E-state index contributed by atoms with van der Waals surface area (Å²) in [5.41, 5.74) is 1.13. The third-order valence-electron chi connectivity index (χ3n) is 2.59. The minimum absolute atomic E-state index is 0.342. The standard InChI is InChI=1S/C12H22N2/c1-9(2)14(10(3)4)12(6)11(5)7-8-13/h7,9-10,12H,1-6H3/b11-7-. The maximum absolute atomic E-state index is 8.60. The molecule has 2 nitrogen and oxygen atoms in total. The molecule has 0 fully saturated rings. The lowest BCUT2D eigenvalue weighted by Crippen LogP contribution is -2.44. The van der Waals surface area contributed by atoms with Crippen LogP contribution in [-0.2, 0) is 0 Å². The molecule has 2 heteroatoms. The zero-order valence-corrected chi connectivity index (χ0v) is 10.2. The third kappa shape index (κ3) is 3.51. The maximum Gasteiger partial charge on any atom is 0.0912 e. The first-order valence-electron chi connectivity index (χ1n) is 5.25. The van der Waals surface area contributed by atoms with E-state index in [0.717, 1.165) is 5.57 Å². The number of nitrogens with zero attached hydrogens (tertiary/aromatic N) is 2. The molecule has 0 aromatic heterocycles. The first kappa shape index (κ1) is 13.2. The second kappa shape index (κ2) is 5.82. The highest BCUT2D eigenvalue weighted by Crippen LogP contribution is 2.16. The molecule has 0 N–H and O–H groups in total. The Morgan fingerprint density at radius 3 is 1.86 bits per heavy atom. The molecule has 80 valence electrons. The minimum atomic E-state index is 0.342. The average Bonchev–Trinajstić information content (AvgIpc) is 2.03. The van der Waals surface area contributed by atoms with Crippen LogP contribution in [0.4, 0.5) is 0 Å². The van der Waals surface area contributed by atoms with Gasteiger partial charge in [0.25, 0.3) is 0 Å². The van der Waals surface area contributed by atoms with Crippen LogP contribution in [-0.4, -0.2) is 23.0 Å². The van der Waals surface area contributed by atoms with Gasteiger partial charge in [-0.2, -0.15) is 5.26 Å². The molecule has 0 aliphatic rings. The van der Waals surface area contributed by atoms with Gasteiger partial charge in [-0.15, -0.1) is 0 Å². The van der Waals surface area contributed by atoms with Crippen molar-refractivity contribution < 1.29 is 0 Å². The van der Waals surface area contributed by atoms with Crippen molar-refractivity contribution in [1.29, 1.82) is 5.26 Å². The Balaban J connectivity index is 4.70. The Labute approximate surface area is 88.2 Å². The molecule has 0 rings (SSSR count). The van der Waals surface area contributed by atoms with Crippen molar-refractivity contribution in [3.8, 4) is 6.07 Å². The summed E-state index contributed by atoms with van der Waals surface area (Å²) in [5, 5.41) is 8.60. The molecule has 1 unspecified atom stereocenters. The molecule has 14 heavy (non-hydrogen) atoms. The number of rotatable bonds is 4. The summed E-state index contributed by atoms with van der Waals surface area (Å²) in [6.45, 7) is 12.9. The van der Waals surface area contributed by atoms with Gasteiger partial charge in [-0.1, -0.05) is 0 Å². The van der Waals surface area contributed by atoms with Gasteiger partial charge < -0.3 is 0 Å². The number of allylic oxidation sites excluding steroid dienone is 1. The summed E-state index contributed by atoms with van der Waals surface area (Å²) in [5.74, 6) is 0. The Morgan fingerprint density at radius 1 is 1.14 bits per heavy atom. The normalized spacial score (nSPS) is 15.0. The second-order valence-electron chi connectivity index (χ2n) is 4.33. The highest BCUT2D eigenvalue weighted by Gasteiger charge is 2.20. The summed E-state index contributed by atoms with van der Waals surface area (Å²) in [7, 11) is 0. The Bertz CT molecular complexity index is 225. The molecule has 0 aliphatic heterocycles. The van der Waals surface area contributed by atoms with Crippen LogP contribution in [0.2, 0.25) is 0 Å². The van der Waals surface area contributed by atoms with Gasteiger partial charge in [0.1, 0.15) is 0 Å². The highest BCUT2D eigenvalue weighted by molar-refractivity contribution is 5.16. The molecule has 0 amide bonds. The highest BCUT2D eigenvalue weighted by atomic mass is 15.2. The van der Waals surface area contributed by atoms with E-state index in [2.05, 4.69) is 45.6 Å². The smallest absolute Gasteiger partial charge is 0.0912 e. The van der Waals surface area contributed by atoms with E-state index in [1.165, 1.54) is 0 Å². The molecule has 0 bridgehead atoms. The summed E-state index contributed by atoms with van der Waals surface area (Å²) in [6, 6.07) is 3.45. The SMILES string of the molecule is C/C(=C/C#N)C(C)N(C(C)C)C(C)C. The molecule has 0 spiro atoms. The molecule has 0 saturated heterocycles. The van der Waals surface area contributed by atoms with E-state index in [4.69, 9.17) is 5.26 Å². The van der Waals surface area contributed by atoms with Crippen molar-refractivity contribution in [2.24, 2.45) is 0 Å². The Kier molecular flexibility index (Phi) is 5.49. The summed E-state index contributed by atoms with van der Waals surface area (Å²) in [6.07, 6.45) is 1.64. The summed E-state index contributed by atoms with van der Waals surface area (Å²) < 4.78 is 0. The van der Waals surface area contributed by atoms with Gasteiger partial charge in [0.2, 0.25) is 0 Å². The lowest BCUT2D eigenvalue weighted by atomic mass is 10.1. The Hall–Kier alpha value is -0.810. The molecule has 0 saturated carbocycles. The average molecular weight is 194 g/mol. The van der Waals surface area contributed by atoms with Crippen molar-refractivity contribution in [2.75, 3.05) is 0 Å². The molecule has 0 heterocycles. The Morgan fingerprint density at radius 2 is 1.57 bits per heavy atom. The van der Waals surface area contributed by atoms with Crippen LogP contribution in [0.15, 0.2) is 11.6 Å². The van der Waals surface area contributed by atoms with Gasteiger partial charge in [-0.3, -0.25) is 4.90 Å². The van der Waals surface area contributed by atoms with Crippen LogP contribution >= 0.6 is 0 Å². The van der Waals surface area contributed by atoms with Gasteiger partial charge in [-0.05, 0) is 47.1 Å². The van der Waals surface area contributed by atoms with Crippen molar-refractivity contribution in [3.05, 3.63) is 11.6 Å². The summed E-state index contributed by atoms with van der Waals surface area (Å²) >= 11 is 0. The van der Waals surface area contributed by atoms with E-state index >= 15 is 0 Å². The fraction of sp³-hybridized carbons (Fsp3) is 0.750. The van der Waals surface area contributed by atoms with Gasteiger partial charge in [0.15, 0.2) is 0 Å². The molecular formula is C12H22N2. The van der Waals surface area contributed by atoms with Gasteiger partial charge in [-0.25, -0.2) is 0 Å². The van der Waals surface area contributed by atoms with Gasteiger partial charge in [0.05, 0.1) is 6.07 Å². The lowest BCUT2D eigenvalue weighted by molar-refractivity contribution is 0.141. The summed E-state index contributed by atoms with van der Waals surface area (Å²) in [4.78, 5) is 2.41. The van der Waals surface area contributed by atoms with Crippen molar-refractivity contribution in [3.63, 3.8) is 0 Å². The first-order chi connectivity index (χ1) is 6.41. The maximum atomic E-state index is 8.60. The van der Waals surface area contributed by atoms with Crippen LogP contribution in [0.3, 0.4) is 0 Å². The van der Waals surface area contributed by atoms with Crippen molar-refractivity contribution >= 4 is 0 Å². The van der Waals surface area contributed by atoms with Crippen LogP contribution in [0.5, 0.6) is 0 Å². The predicted molar refractivity (Wildman–Crippen MR) is 60.9 cm³/mol. The van der Waals surface area contributed by atoms with Gasteiger partial charge >= 0.3 is 0 Å². The van der Waals surface area contributed by atoms with Crippen LogP contribution in [0.1, 0.15) is 41.5 Å². The quantitative estimate of drug-likeness (QED) is 0.643. The largest absolute Gasteiger partial charge is 0.292 e. The molecule has 0 radical (unpaired) electrons. The van der Waals surface area contributed by atoms with Crippen molar-refractivity contribution in [1.82, 2.24) is 4.90 Å². The fourth-order valence-corrected chi connectivity index (χ4v) is 1.95. The van der Waals surface area contributed by atoms with E-state index in [0.29, 0.717) is 18.1 Å². The zero-order chi connectivity index (χ0) is 11.3. The van der Waals surface area contributed by atoms with Crippen LogP contribution < -0.4 is 0 Å². The second-order valence-corrected chi connectivity index (χ2v) is 4.33. The van der Waals surface area contributed by atoms with Crippen LogP contribution in [0.25, 0.3) is 0 Å².